The first-order chi connectivity index (χ1) is 10.8. The second-order valence-electron chi connectivity index (χ2n) is 4.83. The van der Waals surface area contributed by atoms with Crippen LogP contribution in [0.15, 0.2) is 48.7 Å². The van der Waals surface area contributed by atoms with Crippen molar-refractivity contribution in [3.63, 3.8) is 0 Å². The molecule has 0 amide bonds. The first kappa shape index (κ1) is 12.3. The van der Waals surface area contributed by atoms with Crippen LogP contribution in [-0.2, 0) is 0 Å². The van der Waals surface area contributed by atoms with Crippen LogP contribution in [0.1, 0.15) is 5.56 Å². The smallest absolute Gasteiger partial charge is 0.187 e. The maximum absolute atomic E-state index is 9.94. The van der Waals surface area contributed by atoms with Gasteiger partial charge in [-0.15, -0.1) is 10.2 Å². The van der Waals surface area contributed by atoms with Gasteiger partial charge < -0.3 is 5.11 Å². The molecule has 1 N–H and O–H groups in total. The second-order valence-corrected chi connectivity index (χ2v) is 4.83. The Morgan fingerprint density at radius 2 is 1.95 bits per heavy atom. The van der Waals surface area contributed by atoms with Gasteiger partial charge in [0.2, 0.25) is 0 Å². The topological polar surface area (TPSA) is 87.1 Å². The van der Waals surface area contributed by atoms with Crippen molar-refractivity contribution < 1.29 is 5.11 Å². The van der Waals surface area contributed by atoms with Crippen LogP contribution in [0.4, 0.5) is 0 Å². The van der Waals surface area contributed by atoms with Crippen molar-refractivity contribution in [1.82, 2.24) is 19.6 Å². The minimum Gasteiger partial charge on any atom is -0.506 e. The number of para-hydroxylation sites is 1. The number of phenolic OH excluding ortho intramolecular Hbond substituents is 1. The van der Waals surface area contributed by atoms with E-state index < -0.39 is 0 Å². The number of rotatable bonds is 1. The van der Waals surface area contributed by atoms with Gasteiger partial charge in [-0.05, 0) is 24.3 Å². The predicted molar refractivity (Wildman–Crippen MR) is 80.1 cm³/mol. The highest BCUT2D eigenvalue weighted by atomic mass is 16.3. The molecule has 22 heavy (non-hydrogen) atoms. The molecule has 0 spiro atoms. The molecule has 4 aromatic rings. The van der Waals surface area contributed by atoms with Crippen LogP contribution in [0.3, 0.4) is 0 Å². The molecule has 104 valence electrons. The maximum Gasteiger partial charge on any atom is 0.187 e. The van der Waals surface area contributed by atoms with Crippen molar-refractivity contribution in [2.45, 2.75) is 0 Å². The number of nitrogens with zero attached hydrogens (tertiary/aromatic N) is 5. The van der Waals surface area contributed by atoms with E-state index in [-0.39, 0.29) is 5.75 Å². The first-order valence-electron chi connectivity index (χ1n) is 6.60. The number of hydrogen-bond acceptors (Lipinski definition) is 5. The van der Waals surface area contributed by atoms with Gasteiger partial charge in [0.15, 0.2) is 11.5 Å². The quantitative estimate of drug-likeness (QED) is 0.581. The van der Waals surface area contributed by atoms with E-state index in [0.29, 0.717) is 28.2 Å². The van der Waals surface area contributed by atoms with E-state index in [1.54, 1.807) is 34.9 Å². The molecule has 0 unspecified atom stereocenters. The Labute approximate surface area is 124 Å². The molecule has 6 nitrogen and oxygen atoms in total. The second kappa shape index (κ2) is 4.53. The van der Waals surface area contributed by atoms with Crippen LogP contribution in [0.5, 0.6) is 5.75 Å². The van der Waals surface area contributed by atoms with Gasteiger partial charge in [0.05, 0.1) is 5.56 Å². The number of nitriles is 1. The molecule has 0 aliphatic heterocycles. The summed E-state index contributed by atoms with van der Waals surface area (Å²) in [5.41, 5.74) is 2.23. The van der Waals surface area contributed by atoms with E-state index in [1.165, 1.54) is 0 Å². The van der Waals surface area contributed by atoms with Crippen LogP contribution in [0.25, 0.3) is 28.1 Å². The fraction of sp³-hybridized carbons (Fsp3) is 0. The predicted octanol–water partition coefficient (Wildman–Crippen LogP) is 2.52. The van der Waals surface area contributed by atoms with Crippen LogP contribution in [0.2, 0.25) is 0 Å². The summed E-state index contributed by atoms with van der Waals surface area (Å²) in [7, 11) is 0. The highest BCUT2D eigenvalue weighted by Gasteiger charge is 2.11. The SMILES string of the molecule is N#Cc1ccc2nnc(-c3ccc4cccc(O)c4n3)n2c1. The Morgan fingerprint density at radius 3 is 2.82 bits per heavy atom. The number of hydrogen-bond donors (Lipinski definition) is 1. The molecule has 0 atom stereocenters. The molecule has 6 heteroatoms. The monoisotopic (exact) mass is 287 g/mol. The number of fused-ring (bicyclic) bond motifs is 2. The molecule has 0 aliphatic rings. The van der Waals surface area contributed by atoms with Crippen molar-refractivity contribution in [2.24, 2.45) is 0 Å². The third-order valence-corrected chi connectivity index (χ3v) is 3.46. The summed E-state index contributed by atoms with van der Waals surface area (Å²) in [6, 6.07) is 14.4. The van der Waals surface area contributed by atoms with E-state index in [1.807, 2.05) is 18.2 Å². The van der Waals surface area contributed by atoms with E-state index in [4.69, 9.17) is 5.26 Å². The van der Waals surface area contributed by atoms with Gasteiger partial charge in [0.25, 0.3) is 0 Å². The molecule has 3 aromatic heterocycles. The van der Waals surface area contributed by atoms with Crippen molar-refractivity contribution in [2.75, 3.05) is 0 Å². The molecular formula is C16H9N5O. The summed E-state index contributed by atoms with van der Waals surface area (Å²) >= 11 is 0. The van der Waals surface area contributed by atoms with Crippen molar-refractivity contribution in [3.8, 4) is 23.3 Å². The van der Waals surface area contributed by atoms with Crippen molar-refractivity contribution in [1.29, 1.82) is 5.26 Å². The molecule has 0 bridgehead atoms. The van der Waals surface area contributed by atoms with Gasteiger partial charge in [-0.2, -0.15) is 5.26 Å². The Hall–Kier alpha value is -3.46. The molecule has 3 heterocycles. The fourth-order valence-corrected chi connectivity index (χ4v) is 2.39. The number of aromatic hydroxyl groups is 1. The lowest BCUT2D eigenvalue weighted by molar-refractivity contribution is 0.480. The summed E-state index contributed by atoms with van der Waals surface area (Å²) < 4.78 is 1.71. The third kappa shape index (κ3) is 1.77. The zero-order valence-electron chi connectivity index (χ0n) is 11.3. The number of pyridine rings is 2. The van der Waals surface area contributed by atoms with Crippen molar-refractivity contribution in [3.05, 3.63) is 54.2 Å². The normalized spacial score (nSPS) is 10.9. The van der Waals surface area contributed by atoms with Gasteiger partial charge in [0, 0.05) is 11.6 Å². The average Bonchev–Trinajstić information content (AvgIpc) is 2.98. The van der Waals surface area contributed by atoms with Crippen LogP contribution >= 0.6 is 0 Å². The lowest BCUT2D eigenvalue weighted by atomic mass is 10.2. The Balaban J connectivity index is 1.99. The Morgan fingerprint density at radius 1 is 1.05 bits per heavy atom. The summed E-state index contributed by atoms with van der Waals surface area (Å²) in [6.45, 7) is 0. The molecule has 0 saturated carbocycles. The van der Waals surface area contributed by atoms with Gasteiger partial charge >= 0.3 is 0 Å². The molecule has 1 aromatic carbocycles. The number of benzene rings is 1. The lowest BCUT2D eigenvalue weighted by Gasteiger charge is -2.03. The number of aromatic nitrogens is 4. The van der Waals surface area contributed by atoms with Gasteiger partial charge in [-0.3, -0.25) is 4.40 Å². The molecule has 4 rings (SSSR count). The van der Waals surface area contributed by atoms with Gasteiger partial charge in [-0.1, -0.05) is 18.2 Å². The largest absolute Gasteiger partial charge is 0.506 e. The summed E-state index contributed by atoms with van der Waals surface area (Å²) in [4.78, 5) is 4.47. The number of phenols is 1. The highest BCUT2D eigenvalue weighted by Crippen LogP contribution is 2.26. The zero-order valence-corrected chi connectivity index (χ0v) is 11.3. The maximum atomic E-state index is 9.94. The molecule has 0 aliphatic carbocycles. The zero-order chi connectivity index (χ0) is 15.1. The van der Waals surface area contributed by atoms with Gasteiger partial charge in [-0.25, -0.2) is 4.98 Å². The summed E-state index contributed by atoms with van der Waals surface area (Å²) in [6.07, 6.45) is 1.67. The summed E-state index contributed by atoms with van der Waals surface area (Å²) in [5.74, 6) is 0.642. The lowest BCUT2D eigenvalue weighted by Crippen LogP contribution is -1.93. The standard InChI is InChI=1S/C16H9N5O/c17-8-10-4-7-14-19-20-16(21(14)9-10)12-6-5-11-2-1-3-13(22)15(11)18-12/h1-7,9,22H. The first-order valence-corrected chi connectivity index (χ1v) is 6.60. The minimum absolute atomic E-state index is 0.117. The minimum atomic E-state index is 0.117. The highest BCUT2D eigenvalue weighted by molar-refractivity contribution is 5.86. The Kier molecular flexibility index (Phi) is 2.53. The summed E-state index contributed by atoms with van der Waals surface area (Å²) in [5, 5.41) is 28.0. The van der Waals surface area contributed by atoms with Gasteiger partial charge in [0.1, 0.15) is 23.0 Å². The van der Waals surface area contributed by atoms with Crippen molar-refractivity contribution >= 4 is 16.6 Å². The Bertz CT molecular complexity index is 1060. The average molecular weight is 287 g/mol. The van der Waals surface area contributed by atoms with E-state index in [9.17, 15) is 5.11 Å². The molecule has 0 fully saturated rings. The molecule has 0 radical (unpaired) electrons. The van der Waals surface area contributed by atoms with E-state index in [0.717, 1.165) is 5.39 Å². The third-order valence-electron chi connectivity index (χ3n) is 3.46. The molecular weight excluding hydrogens is 278 g/mol. The van der Waals surface area contributed by atoms with E-state index >= 15 is 0 Å². The van der Waals surface area contributed by atoms with E-state index in [2.05, 4.69) is 21.3 Å². The van der Waals surface area contributed by atoms with Crippen LogP contribution < -0.4 is 0 Å². The van der Waals surface area contributed by atoms with Crippen LogP contribution in [-0.4, -0.2) is 24.7 Å². The molecule has 0 saturated heterocycles. The van der Waals surface area contributed by atoms with Crippen LogP contribution in [0, 0.1) is 11.3 Å². The fourth-order valence-electron chi connectivity index (χ4n) is 2.39.